The predicted molar refractivity (Wildman–Crippen MR) is 369 cm³/mol. The van der Waals surface area contributed by atoms with Gasteiger partial charge >= 0.3 is 11.9 Å². The Morgan fingerprint density at radius 3 is 0.953 bits per heavy atom. The second-order valence-electron chi connectivity index (χ2n) is 23.1. The minimum absolute atomic E-state index is 0.0457. The highest BCUT2D eigenvalue weighted by molar-refractivity contribution is 7.45. The van der Waals surface area contributed by atoms with E-state index in [0.29, 0.717) is 23.9 Å². The van der Waals surface area contributed by atoms with Crippen LogP contribution in [-0.4, -0.2) is 70.0 Å². The van der Waals surface area contributed by atoms with Gasteiger partial charge in [0.25, 0.3) is 7.82 Å². The molecule has 0 spiro atoms. The van der Waals surface area contributed by atoms with Crippen molar-refractivity contribution in [2.75, 3.05) is 47.5 Å². The summed E-state index contributed by atoms with van der Waals surface area (Å²) in [6.45, 7) is 3.95. The fraction of sp³-hybridized carbons (Fsp3) is 0.605. The molecule has 86 heavy (non-hydrogen) atoms. The van der Waals surface area contributed by atoms with Crippen LogP contribution < -0.4 is 4.89 Å². The molecule has 9 nitrogen and oxygen atoms in total. The van der Waals surface area contributed by atoms with Crippen LogP contribution in [0.15, 0.2) is 170 Å². The van der Waals surface area contributed by atoms with Gasteiger partial charge in [-0.3, -0.25) is 14.2 Å². The molecule has 0 N–H and O–H groups in total. The molecule has 0 aromatic carbocycles. The van der Waals surface area contributed by atoms with Crippen LogP contribution in [0.5, 0.6) is 0 Å². The molecule has 0 heterocycles. The number of carbonyl (C=O) groups is 2. The molecule has 0 aromatic rings. The van der Waals surface area contributed by atoms with Gasteiger partial charge in [-0.15, -0.1) is 0 Å². The lowest BCUT2D eigenvalue weighted by molar-refractivity contribution is -0.870. The maximum atomic E-state index is 12.8. The Balaban J connectivity index is 4.09. The van der Waals surface area contributed by atoms with E-state index in [0.717, 1.165) is 122 Å². The van der Waals surface area contributed by atoms with E-state index in [2.05, 4.69) is 184 Å². The molecule has 0 amide bonds. The lowest BCUT2D eigenvalue weighted by atomic mass is 10.0. The van der Waals surface area contributed by atoms with Crippen LogP contribution in [-0.2, 0) is 32.7 Å². The van der Waals surface area contributed by atoms with Crippen molar-refractivity contribution in [1.29, 1.82) is 0 Å². The van der Waals surface area contributed by atoms with E-state index in [-0.39, 0.29) is 26.1 Å². The summed E-state index contributed by atoms with van der Waals surface area (Å²) in [6, 6.07) is 0. The van der Waals surface area contributed by atoms with Crippen LogP contribution in [0.2, 0.25) is 0 Å². The van der Waals surface area contributed by atoms with E-state index in [4.69, 9.17) is 18.5 Å². The fourth-order valence-electron chi connectivity index (χ4n) is 8.62. The number of phosphoric acid groups is 1. The van der Waals surface area contributed by atoms with Crippen LogP contribution in [0.1, 0.15) is 245 Å². The van der Waals surface area contributed by atoms with E-state index in [1.54, 1.807) is 0 Å². The van der Waals surface area contributed by atoms with Crippen LogP contribution >= 0.6 is 7.82 Å². The lowest BCUT2D eigenvalue weighted by Gasteiger charge is -2.28. The summed E-state index contributed by atoms with van der Waals surface area (Å²) in [6.07, 6.45) is 98.6. The predicted octanol–water partition coefficient (Wildman–Crippen LogP) is 21.5. The molecule has 2 unspecified atom stereocenters. The zero-order valence-electron chi connectivity index (χ0n) is 55.2. The van der Waals surface area contributed by atoms with Gasteiger partial charge in [-0.25, -0.2) is 0 Å². The first-order chi connectivity index (χ1) is 42.0. The SMILES string of the molecule is CC/C=C\C/C=C\C/C=C\C/C=C\C/C=C\C/C=C\C/C=C\C/C=C\CCCCCCCCCCCCCCCCCCC(=O)OC(COC(=O)CCCC/C=C\C/C=C\C/C=C\C/C=C\C/C=C\C/C=C\CC)COP(=O)([O-])OCC[N+](C)(C)C. The quantitative estimate of drug-likeness (QED) is 0.0195. The van der Waals surface area contributed by atoms with Crippen molar-refractivity contribution in [3.63, 3.8) is 0 Å². The van der Waals surface area contributed by atoms with Crippen molar-refractivity contribution >= 4 is 19.8 Å². The number of rotatable bonds is 60. The number of hydrogen-bond acceptors (Lipinski definition) is 8. The van der Waals surface area contributed by atoms with Gasteiger partial charge in [0.15, 0.2) is 6.10 Å². The zero-order chi connectivity index (χ0) is 62.6. The molecule has 2 atom stereocenters. The van der Waals surface area contributed by atoms with Crippen LogP contribution in [0.25, 0.3) is 0 Å². The number of likely N-dealkylation sites (N-methyl/N-ethyl adjacent to an activating group) is 1. The van der Waals surface area contributed by atoms with Crippen LogP contribution in [0.4, 0.5) is 0 Å². The minimum atomic E-state index is -4.66. The second kappa shape index (κ2) is 64.8. The molecule has 0 aliphatic heterocycles. The summed E-state index contributed by atoms with van der Waals surface area (Å²) in [4.78, 5) is 38.0. The topological polar surface area (TPSA) is 111 Å². The monoisotopic (exact) mass is 1210 g/mol. The Morgan fingerprint density at radius 2 is 0.628 bits per heavy atom. The van der Waals surface area contributed by atoms with Gasteiger partial charge in [-0.1, -0.05) is 274 Å². The molecule has 0 aliphatic rings. The highest BCUT2D eigenvalue weighted by Gasteiger charge is 2.22. The maximum absolute atomic E-state index is 12.8. The molecule has 0 fully saturated rings. The lowest BCUT2D eigenvalue weighted by Crippen LogP contribution is -2.37. The van der Waals surface area contributed by atoms with E-state index in [1.165, 1.54) is 83.5 Å². The second-order valence-corrected chi connectivity index (χ2v) is 24.5. The summed E-state index contributed by atoms with van der Waals surface area (Å²) in [5, 5.41) is 0. The largest absolute Gasteiger partial charge is 0.756 e. The molecule has 0 rings (SSSR count). The smallest absolute Gasteiger partial charge is 0.306 e. The minimum Gasteiger partial charge on any atom is -0.756 e. The third-order valence-electron chi connectivity index (χ3n) is 13.7. The van der Waals surface area contributed by atoms with E-state index < -0.39 is 32.5 Å². The number of hydrogen-bond donors (Lipinski definition) is 0. The molecular formula is C76H124NO8P. The number of carbonyl (C=O) groups excluding carboxylic acids is 2. The van der Waals surface area contributed by atoms with Gasteiger partial charge < -0.3 is 27.9 Å². The third-order valence-corrected chi connectivity index (χ3v) is 14.7. The van der Waals surface area contributed by atoms with Crippen molar-refractivity contribution in [2.45, 2.75) is 251 Å². The highest BCUT2D eigenvalue weighted by atomic mass is 31.2. The Morgan fingerprint density at radius 1 is 0.360 bits per heavy atom. The number of allylic oxidation sites excluding steroid dienone is 28. The highest BCUT2D eigenvalue weighted by Crippen LogP contribution is 2.38. The van der Waals surface area contributed by atoms with E-state index in [1.807, 2.05) is 21.1 Å². The van der Waals surface area contributed by atoms with Gasteiger partial charge in [-0.05, 0) is 128 Å². The number of quaternary nitrogens is 1. The third kappa shape index (κ3) is 68.5. The molecule has 0 saturated heterocycles. The standard InChI is InChI=1S/C76H124NO8P/c1-6-8-10-12-14-16-18-20-22-24-26-28-29-30-31-32-33-34-35-36-37-38-39-40-41-42-43-44-45-46-47-49-51-53-55-57-59-61-63-65-67-69-76(79)85-74(73-84-86(80,81)83-71-70-77(3,4)5)72-82-75(78)68-66-64-62-60-58-56-54-52-50-48-27-25-23-21-19-17-15-13-11-9-7-2/h8-11,14-17,20-23,26-28,30-31,33-34,36-37,39-40,48,52,54,58,60,74H,6-7,12-13,18-19,24-25,29,32,35,38,41-47,49-51,53,55-57,59,61-73H2,1-5H3/b10-8-,11-9-,16-14-,17-15-,22-20-,23-21-,28-26-,31-30-,34-33-,37-36-,40-39-,48-27-,54-52-,60-58-. The average Bonchev–Trinajstić information content (AvgIpc) is 3.70. The number of unbranched alkanes of at least 4 members (excludes halogenated alkanes) is 18. The van der Waals surface area contributed by atoms with Crippen LogP contribution in [0, 0.1) is 0 Å². The molecule has 486 valence electrons. The number of esters is 2. The first-order valence-corrected chi connectivity index (χ1v) is 35.3. The Kier molecular flexibility index (Phi) is 61.3. The van der Waals surface area contributed by atoms with Crippen molar-refractivity contribution in [3.05, 3.63) is 170 Å². The average molecular weight is 1210 g/mol. The number of nitrogens with zero attached hydrogens (tertiary/aromatic N) is 1. The van der Waals surface area contributed by atoms with E-state index >= 15 is 0 Å². The van der Waals surface area contributed by atoms with Gasteiger partial charge in [0.05, 0.1) is 27.7 Å². The number of ether oxygens (including phenoxy) is 2. The maximum Gasteiger partial charge on any atom is 0.306 e. The first-order valence-electron chi connectivity index (χ1n) is 33.8. The summed E-state index contributed by atoms with van der Waals surface area (Å²) in [7, 11) is 1.12. The molecule has 0 bridgehead atoms. The van der Waals surface area contributed by atoms with Crippen molar-refractivity contribution < 1.29 is 42.1 Å². The summed E-state index contributed by atoms with van der Waals surface area (Å²) < 4.78 is 34.2. The molecular weight excluding hydrogens is 1090 g/mol. The van der Waals surface area contributed by atoms with Gasteiger partial charge in [0.1, 0.15) is 19.8 Å². The van der Waals surface area contributed by atoms with Crippen molar-refractivity contribution in [2.24, 2.45) is 0 Å². The van der Waals surface area contributed by atoms with Crippen LogP contribution in [0.3, 0.4) is 0 Å². The summed E-state index contributed by atoms with van der Waals surface area (Å²) in [5.74, 6) is -0.892. The Hall–Kier alpha value is -4.63. The van der Waals surface area contributed by atoms with Gasteiger partial charge in [0.2, 0.25) is 0 Å². The zero-order valence-corrected chi connectivity index (χ0v) is 56.1. The van der Waals surface area contributed by atoms with Gasteiger partial charge in [0, 0.05) is 12.8 Å². The summed E-state index contributed by atoms with van der Waals surface area (Å²) >= 11 is 0. The molecule has 0 aliphatic carbocycles. The first kappa shape index (κ1) is 81.4. The van der Waals surface area contributed by atoms with Gasteiger partial charge in [-0.2, -0.15) is 0 Å². The molecule has 0 aromatic heterocycles. The molecule has 0 saturated carbocycles. The fourth-order valence-corrected chi connectivity index (χ4v) is 9.35. The normalized spacial score (nSPS) is 14.3. The van der Waals surface area contributed by atoms with Crippen molar-refractivity contribution in [1.82, 2.24) is 0 Å². The van der Waals surface area contributed by atoms with Crippen molar-refractivity contribution in [3.8, 4) is 0 Å². The number of phosphoric ester groups is 1. The summed E-state index contributed by atoms with van der Waals surface area (Å²) in [5.41, 5.74) is 0. The Bertz CT molecular complexity index is 2060. The molecule has 0 radical (unpaired) electrons. The van der Waals surface area contributed by atoms with E-state index in [9.17, 15) is 19.0 Å². The molecule has 10 heteroatoms. The Labute approximate surface area is 528 Å².